The van der Waals surface area contributed by atoms with Crippen molar-refractivity contribution in [2.45, 2.75) is 45.6 Å². The molecule has 0 saturated carbocycles. The van der Waals surface area contributed by atoms with Crippen LogP contribution in [0.2, 0.25) is 0 Å². The lowest BCUT2D eigenvalue weighted by Crippen LogP contribution is -2.18. The lowest BCUT2D eigenvalue weighted by Gasteiger charge is -2.17. The number of pyridine rings is 1. The highest BCUT2D eigenvalue weighted by Gasteiger charge is 2.21. The highest BCUT2D eigenvalue weighted by molar-refractivity contribution is 5.79. The zero-order valence-electron chi connectivity index (χ0n) is 17.6. The maximum Gasteiger partial charge on any atom is 0.308 e. The van der Waals surface area contributed by atoms with Crippen molar-refractivity contribution in [1.82, 2.24) is 14.8 Å². The van der Waals surface area contributed by atoms with Crippen molar-refractivity contribution in [3.05, 3.63) is 53.9 Å². The van der Waals surface area contributed by atoms with Crippen LogP contribution in [0, 0.1) is 0 Å². The van der Waals surface area contributed by atoms with Crippen molar-refractivity contribution >= 4 is 22.7 Å². The van der Waals surface area contributed by atoms with Gasteiger partial charge in [0.25, 0.3) is 0 Å². The summed E-state index contributed by atoms with van der Waals surface area (Å²) in [6.07, 6.45) is 6.02. The van der Waals surface area contributed by atoms with Crippen LogP contribution in [0.15, 0.2) is 42.7 Å². The number of methoxy groups -OCH3 is 1. The minimum Gasteiger partial charge on any atom is -0.481 e. The Kier molecular flexibility index (Phi) is 7.17. The molecule has 0 aliphatic heterocycles. The van der Waals surface area contributed by atoms with Gasteiger partial charge in [-0.05, 0) is 49.9 Å². The molecule has 1 atom stereocenters. The van der Waals surface area contributed by atoms with Crippen LogP contribution in [0.3, 0.4) is 0 Å². The van der Waals surface area contributed by atoms with E-state index in [1.807, 2.05) is 24.4 Å². The van der Waals surface area contributed by atoms with E-state index in [1.165, 1.54) is 0 Å². The molecule has 0 fully saturated rings. The van der Waals surface area contributed by atoms with Gasteiger partial charge in [-0.3, -0.25) is 9.48 Å². The van der Waals surface area contributed by atoms with Gasteiger partial charge in [0, 0.05) is 30.3 Å². The van der Waals surface area contributed by atoms with Crippen molar-refractivity contribution < 1.29 is 19.1 Å². The summed E-state index contributed by atoms with van der Waals surface area (Å²) in [6.45, 7) is 3.73. The van der Waals surface area contributed by atoms with Gasteiger partial charge < -0.3 is 14.3 Å². The first kappa shape index (κ1) is 21.5. The van der Waals surface area contributed by atoms with E-state index in [0.29, 0.717) is 18.9 Å². The van der Waals surface area contributed by atoms with Crippen LogP contribution in [0.25, 0.3) is 10.9 Å². The predicted molar refractivity (Wildman–Crippen MR) is 114 cm³/mol. The molecule has 0 radical (unpaired) electrons. The molecule has 30 heavy (non-hydrogen) atoms. The van der Waals surface area contributed by atoms with Crippen molar-refractivity contribution in [3.8, 4) is 5.88 Å². The predicted octanol–water partition coefficient (Wildman–Crippen LogP) is 3.89. The molecule has 0 amide bonds. The van der Waals surface area contributed by atoms with E-state index in [9.17, 15) is 9.59 Å². The zero-order chi connectivity index (χ0) is 21.5. The van der Waals surface area contributed by atoms with Gasteiger partial charge in [0.05, 0.1) is 31.7 Å². The molecule has 0 aliphatic rings. The van der Waals surface area contributed by atoms with Gasteiger partial charge >= 0.3 is 5.97 Å². The van der Waals surface area contributed by atoms with E-state index in [4.69, 9.17) is 14.6 Å². The third kappa shape index (κ3) is 5.43. The molecule has 0 aliphatic carbocycles. The molecule has 0 saturated heterocycles. The summed E-state index contributed by atoms with van der Waals surface area (Å²) in [5.41, 5.74) is 2.84. The molecule has 3 aromatic rings. The number of hydrogen-bond acceptors (Lipinski definition) is 6. The Morgan fingerprint density at radius 1 is 1.20 bits per heavy atom. The van der Waals surface area contributed by atoms with Gasteiger partial charge in [0.2, 0.25) is 5.88 Å². The Labute approximate surface area is 176 Å². The number of Topliss-reactive ketones (excluding diaryl/α,β-unsaturated/α-hetero) is 1. The molecule has 0 bridgehead atoms. The van der Waals surface area contributed by atoms with Crippen LogP contribution >= 0.6 is 0 Å². The third-order valence-electron chi connectivity index (χ3n) is 4.92. The minimum absolute atomic E-state index is 0.154. The zero-order valence-corrected chi connectivity index (χ0v) is 17.6. The summed E-state index contributed by atoms with van der Waals surface area (Å²) in [5, 5.41) is 5.72. The molecule has 2 aromatic heterocycles. The number of nitrogens with zero attached hydrogens (tertiary/aromatic N) is 3. The van der Waals surface area contributed by atoms with Gasteiger partial charge in [-0.2, -0.15) is 5.10 Å². The second-order valence-electron chi connectivity index (χ2n) is 7.22. The Morgan fingerprint density at radius 3 is 2.70 bits per heavy atom. The largest absolute Gasteiger partial charge is 0.481 e. The topological polar surface area (TPSA) is 83.3 Å². The monoisotopic (exact) mass is 409 g/mol. The van der Waals surface area contributed by atoms with Gasteiger partial charge in [-0.1, -0.05) is 12.1 Å². The van der Waals surface area contributed by atoms with Crippen LogP contribution in [0.5, 0.6) is 5.88 Å². The normalized spacial score (nSPS) is 12.0. The first-order valence-corrected chi connectivity index (χ1v) is 10.1. The quantitative estimate of drug-likeness (QED) is 0.472. The van der Waals surface area contributed by atoms with E-state index in [-0.39, 0.29) is 24.2 Å². The Hall–Kier alpha value is -3.22. The fourth-order valence-electron chi connectivity index (χ4n) is 3.39. The maximum atomic E-state index is 12.2. The lowest BCUT2D eigenvalue weighted by atomic mass is 10.1. The standard InChI is InChI=1S/C23H27N3O4/c1-4-30-23(28)13-21(18-10-11-22(29-3)24-14-18)26-15-19-9-8-17(12-20(19)25-26)7-5-6-16(2)27/h8-12,14-15,21H,4-7,13H2,1-3H3/t21-/m0/s1. The van der Waals surface area contributed by atoms with Crippen LogP contribution in [0.1, 0.15) is 50.3 Å². The maximum absolute atomic E-state index is 12.2. The Morgan fingerprint density at radius 2 is 2.03 bits per heavy atom. The molecule has 2 heterocycles. The van der Waals surface area contributed by atoms with Crippen LogP contribution in [-0.2, 0) is 20.7 Å². The third-order valence-corrected chi connectivity index (χ3v) is 4.92. The number of carbonyl (C=O) groups excluding carboxylic acids is 2. The second kappa shape index (κ2) is 10.0. The number of ketones is 1. The number of carbonyl (C=O) groups is 2. The number of aryl methyl sites for hydroxylation is 1. The number of ether oxygens (including phenoxy) is 2. The first-order chi connectivity index (χ1) is 14.5. The van der Waals surface area contributed by atoms with Crippen molar-refractivity contribution in [1.29, 1.82) is 0 Å². The molecule has 7 nitrogen and oxygen atoms in total. The van der Waals surface area contributed by atoms with Crippen LogP contribution in [0.4, 0.5) is 0 Å². The number of rotatable bonds is 10. The highest BCUT2D eigenvalue weighted by atomic mass is 16.5. The van der Waals surface area contributed by atoms with Crippen molar-refractivity contribution in [2.75, 3.05) is 13.7 Å². The molecule has 1 aromatic carbocycles. The Bertz CT molecular complexity index is 1010. The highest BCUT2D eigenvalue weighted by Crippen LogP contribution is 2.26. The van der Waals surface area contributed by atoms with E-state index in [1.54, 1.807) is 37.9 Å². The van der Waals surface area contributed by atoms with Gasteiger partial charge in [0.1, 0.15) is 5.78 Å². The molecule has 0 unspecified atom stereocenters. The smallest absolute Gasteiger partial charge is 0.308 e. The number of fused-ring (bicyclic) bond motifs is 1. The fourth-order valence-corrected chi connectivity index (χ4v) is 3.39. The van der Waals surface area contributed by atoms with Crippen molar-refractivity contribution in [3.63, 3.8) is 0 Å². The second-order valence-corrected chi connectivity index (χ2v) is 7.22. The van der Waals surface area contributed by atoms with Crippen molar-refractivity contribution in [2.24, 2.45) is 0 Å². The number of benzene rings is 1. The summed E-state index contributed by atoms with van der Waals surface area (Å²) in [4.78, 5) is 27.7. The minimum atomic E-state index is -0.337. The number of aromatic nitrogens is 3. The van der Waals surface area contributed by atoms with E-state index in [2.05, 4.69) is 11.1 Å². The average molecular weight is 409 g/mol. The summed E-state index contributed by atoms with van der Waals surface area (Å²) < 4.78 is 12.1. The summed E-state index contributed by atoms with van der Waals surface area (Å²) in [7, 11) is 1.56. The average Bonchev–Trinajstić information content (AvgIpc) is 3.15. The lowest BCUT2D eigenvalue weighted by molar-refractivity contribution is -0.143. The van der Waals surface area contributed by atoms with Gasteiger partial charge in [-0.15, -0.1) is 0 Å². The van der Waals surface area contributed by atoms with E-state index >= 15 is 0 Å². The molecule has 158 valence electrons. The van der Waals surface area contributed by atoms with Crippen LogP contribution in [-0.4, -0.2) is 40.2 Å². The molecule has 0 N–H and O–H groups in total. The summed E-state index contributed by atoms with van der Waals surface area (Å²) in [6, 6.07) is 9.44. The number of hydrogen-bond donors (Lipinski definition) is 0. The molecule has 7 heteroatoms. The summed E-state index contributed by atoms with van der Waals surface area (Å²) in [5.74, 6) is 0.424. The van der Waals surface area contributed by atoms with E-state index in [0.717, 1.165) is 34.9 Å². The van der Waals surface area contributed by atoms with Crippen LogP contribution < -0.4 is 4.74 Å². The molecule has 0 spiro atoms. The van der Waals surface area contributed by atoms with Gasteiger partial charge in [-0.25, -0.2) is 4.98 Å². The SMILES string of the molecule is CCOC(=O)C[C@@H](c1ccc(OC)nc1)n1cc2ccc(CCCC(C)=O)cc2n1. The van der Waals surface area contributed by atoms with Gasteiger partial charge in [0.15, 0.2) is 0 Å². The first-order valence-electron chi connectivity index (χ1n) is 10.1. The summed E-state index contributed by atoms with van der Waals surface area (Å²) >= 11 is 0. The number of esters is 1. The molecule has 3 rings (SSSR count). The molecular formula is C23H27N3O4. The fraction of sp³-hybridized carbons (Fsp3) is 0.391. The van der Waals surface area contributed by atoms with E-state index < -0.39 is 0 Å². The Balaban J connectivity index is 1.89. The molecular weight excluding hydrogens is 382 g/mol.